The fourth-order valence-electron chi connectivity index (χ4n) is 3.02. The number of hydrogen-bond donors (Lipinski definition) is 0. The van der Waals surface area contributed by atoms with E-state index in [1.54, 1.807) is 0 Å². The van der Waals surface area contributed by atoms with Crippen LogP contribution in [0.4, 0.5) is 0 Å². The van der Waals surface area contributed by atoms with Crippen molar-refractivity contribution in [3.63, 3.8) is 0 Å². The second-order valence-electron chi connectivity index (χ2n) is 5.84. The van der Waals surface area contributed by atoms with Crippen LogP contribution in [-0.2, 0) is 12.8 Å². The van der Waals surface area contributed by atoms with Crippen LogP contribution in [0.5, 0.6) is 0 Å². The molecule has 0 aromatic heterocycles. The van der Waals surface area contributed by atoms with Gasteiger partial charge in [0.15, 0.2) is 0 Å². The van der Waals surface area contributed by atoms with E-state index in [0.717, 1.165) is 6.42 Å². The minimum Gasteiger partial charge on any atom is -0.0795 e. The maximum Gasteiger partial charge on any atom is 0.0289 e. The lowest BCUT2D eigenvalue weighted by molar-refractivity contribution is 0.795. The Hall–Kier alpha value is -1.34. The van der Waals surface area contributed by atoms with Gasteiger partial charge in [0.1, 0.15) is 0 Å². The van der Waals surface area contributed by atoms with Crippen LogP contribution in [0.15, 0.2) is 40.9 Å². The molecule has 0 aliphatic heterocycles. The van der Waals surface area contributed by atoms with E-state index in [2.05, 4.69) is 72.3 Å². The lowest BCUT2D eigenvalue weighted by Crippen LogP contribution is -1.92. The smallest absolute Gasteiger partial charge is 0.0289 e. The highest BCUT2D eigenvalue weighted by Crippen LogP contribution is 2.37. The Kier molecular flexibility index (Phi) is 4.30. The summed E-state index contributed by atoms with van der Waals surface area (Å²) in [5.41, 5.74) is 8.26. The highest BCUT2D eigenvalue weighted by molar-refractivity contribution is 9.10. The number of unbranched alkanes of at least 4 members (excludes halogenated alkanes) is 1. The van der Waals surface area contributed by atoms with Gasteiger partial charge in [0.25, 0.3) is 0 Å². The van der Waals surface area contributed by atoms with Gasteiger partial charge in [-0.25, -0.2) is 0 Å². The summed E-state index contributed by atoms with van der Waals surface area (Å²) in [6.07, 6.45) is 9.27. The molecule has 0 saturated carbocycles. The Morgan fingerprint density at radius 1 is 1.14 bits per heavy atom. The average molecular weight is 341 g/mol. The monoisotopic (exact) mass is 340 g/mol. The molecule has 1 aliphatic rings. The molecule has 0 saturated heterocycles. The van der Waals surface area contributed by atoms with Crippen molar-refractivity contribution in [3.05, 3.63) is 63.1 Å². The first-order chi connectivity index (χ1) is 10.2. The zero-order chi connectivity index (χ0) is 14.8. The maximum absolute atomic E-state index is 3.80. The quantitative estimate of drug-likeness (QED) is 0.609. The van der Waals surface area contributed by atoms with Crippen LogP contribution < -0.4 is 0 Å². The van der Waals surface area contributed by atoms with Crippen molar-refractivity contribution in [3.8, 4) is 11.1 Å². The van der Waals surface area contributed by atoms with Crippen molar-refractivity contribution in [1.82, 2.24) is 0 Å². The van der Waals surface area contributed by atoms with Gasteiger partial charge in [-0.1, -0.05) is 49.8 Å². The third kappa shape index (κ3) is 2.85. The summed E-state index contributed by atoms with van der Waals surface area (Å²) >= 11 is 3.80. The normalized spacial score (nSPS) is 12.7. The second kappa shape index (κ2) is 6.19. The number of rotatable bonds is 4. The molecule has 21 heavy (non-hydrogen) atoms. The van der Waals surface area contributed by atoms with Gasteiger partial charge >= 0.3 is 0 Å². The summed E-state index contributed by atoms with van der Waals surface area (Å²) in [7, 11) is 0. The summed E-state index contributed by atoms with van der Waals surface area (Å²) in [6.45, 7) is 4.45. The van der Waals surface area contributed by atoms with Crippen LogP contribution in [0.3, 0.4) is 0 Å². The van der Waals surface area contributed by atoms with Crippen LogP contribution in [0.1, 0.15) is 42.0 Å². The first kappa shape index (κ1) is 14.6. The zero-order valence-electron chi connectivity index (χ0n) is 12.7. The summed E-state index contributed by atoms with van der Waals surface area (Å²) in [4.78, 5) is 0. The largest absolute Gasteiger partial charge is 0.0795 e. The molecule has 0 fully saturated rings. The molecule has 1 heteroatoms. The molecule has 0 amide bonds. The molecule has 0 radical (unpaired) electrons. The van der Waals surface area contributed by atoms with Gasteiger partial charge in [0.05, 0.1) is 0 Å². The van der Waals surface area contributed by atoms with E-state index < -0.39 is 0 Å². The second-order valence-corrected chi connectivity index (χ2v) is 6.64. The van der Waals surface area contributed by atoms with Crippen LogP contribution in [0, 0.1) is 6.92 Å². The maximum atomic E-state index is 3.80. The Morgan fingerprint density at radius 2 is 1.90 bits per heavy atom. The Balaban J connectivity index is 1.96. The topological polar surface area (TPSA) is 0 Å². The summed E-state index contributed by atoms with van der Waals surface area (Å²) in [6, 6.07) is 11.4. The van der Waals surface area contributed by atoms with Crippen molar-refractivity contribution in [1.29, 1.82) is 0 Å². The number of fused-ring (bicyclic) bond motifs is 1. The van der Waals surface area contributed by atoms with E-state index in [1.807, 2.05) is 0 Å². The predicted molar refractivity (Wildman–Crippen MR) is 95.7 cm³/mol. The number of halogens is 1. The Morgan fingerprint density at radius 3 is 2.62 bits per heavy atom. The lowest BCUT2D eigenvalue weighted by Gasteiger charge is -2.13. The van der Waals surface area contributed by atoms with E-state index in [-0.39, 0.29) is 0 Å². The number of benzene rings is 2. The number of aryl methyl sites for hydroxylation is 1. The van der Waals surface area contributed by atoms with Gasteiger partial charge < -0.3 is 0 Å². The van der Waals surface area contributed by atoms with Gasteiger partial charge in [0, 0.05) is 4.47 Å². The van der Waals surface area contributed by atoms with Crippen LogP contribution in [0.25, 0.3) is 17.2 Å². The van der Waals surface area contributed by atoms with Crippen molar-refractivity contribution in [2.24, 2.45) is 0 Å². The zero-order valence-corrected chi connectivity index (χ0v) is 14.3. The van der Waals surface area contributed by atoms with Crippen LogP contribution in [0.2, 0.25) is 0 Å². The molecular weight excluding hydrogens is 320 g/mol. The first-order valence-corrected chi connectivity index (χ1v) is 8.58. The molecule has 0 nitrogen and oxygen atoms in total. The third-order valence-electron chi connectivity index (χ3n) is 4.34. The molecule has 3 rings (SSSR count). The van der Waals surface area contributed by atoms with Gasteiger partial charge in [-0.15, -0.1) is 0 Å². The van der Waals surface area contributed by atoms with E-state index in [4.69, 9.17) is 0 Å². The number of allylic oxidation sites excluding steroid dienone is 1. The molecule has 2 aromatic carbocycles. The Bertz CT molecular complexity index is 678. The molecule has 0 spiro atoms. The highest BCUT2D eigenvalue weighted by Gasteiger charge is 2.15. The molecule has 0 N–H and O–H groups in total. The average Bonchev–Trinajstić information content (AvgIpc) is 2.98. The fraction of sp³-hybridized carbons (Fsp3) is 0.300. The van der Waals surface area contributed by atoms with Gasteiger partial charge in [-0.2, -0.15) is 0 Å². The van der Waals surface area contributed by atoms with E-state index >= 15 is 0 Å². The minimum atomic E-state index is 1.06. The van der Waals surface area contributed by atoms with Gasteiger partial charge in [-0.3, -0.25) is 0 Å². The number of hydrogen-bond acceptors (Lipinski definition) is 0. The summed E-state index contributed by atoms with van der Waals surface area (Å²) in [5, 5.41) is 0. The molecule has 0 atom stereocenters. The molecule has 0 heterocycles. The van der Waals surface area contributed by atoms with Crippen molar-refractivity contribution in [2.75, 3.05) is 0 Å². The van der Waals surface area contributed by atoms with Gasteiger partial charge in [-0.05, 0) is 81.6 Å². The molecule has 108 valence electrons. The molecular formula is C20H21Br. The molecule has 0 bridgehead atoms. The molecule has 1 aliphatic carbocycles. The SMILES string of the molecule is CCCCc1ccc(-c2cc3c(c(C)c2Br)C=CC3)cc1. The van der Waals surface area contributed by atoms with Crippen molar-refractivity contribution in [2.45, 2.75) is 39.5 Å². The predicted octanol–water partition coefficient (Wildman–Crippen LogP) is 6.34. The van der Waals surface area contributed by atoms with E-state index in [1.165, 1.54) is 57.1 Å². The summed E-state index contributed by atoms with van der Waals surface area (Å²) in [5.74, 6) is 0. The minimum absolute atomic E-state index is 1.06. The Labute approximate surface area is 136 Å². The fourth-order valence-corrected chi connectivity index (χ4v) is 3.58. The molecule has 2 aromatic rings. The first-order valence-electron chi connectivity index (χ1n) is 7.78. The van der Waals surface area contributed by atoms with Crippen LogP contribution in [-0.4, -0.2) is 0 Å². The van der Waals surface area contributed by atoms with Crippen molar-refractivity contribution >= 4 is 22.0 Å². The van der Waals surface area contributed by atoms with E-state index in [9.17, 15) is 0 Å². The standard InChI is InChI=1S/C20H21Br/c1-3-4-6-15-9-11-16(12-10-15)19-13-17-7-5-8-18(17)14(2)20(19)21/h5,8-13H,3-4,6-7H2,1-2H3. The molecule has 0 unspecified atom stereocenters. The van der Waals surface area contributed by atoms with Gasteiger partial charge in [0.2, 0.25) is 0 Å². The van der Waals surface area contributed by atoms with Crippen molar-refractivity contribution < 1.29 is 0 Å². The third-order valence-corrected chi connectivity index (χ3v) is 5.36. The lowest BCUT2D eigenvalue weighted by atomic mass is 9.95. The van der Waals surface area contributed by atoms with E-state index in [0.29, 0.717) is 0 Å². The highest BCUT2D eigenvalue weighted by atomic mass is 79.9. The van der Waals surface area contributed by atoms with Crippen LogP contribution >= 0.6 is 15.9 Å². The summed E-state index contributed by atoms with van der Waals surface area (Å²) < 4.78 is 1.23.